The molecule has 19 heavy (non-hydrogen) atoms. The lowest BCUT2D eigenvalue weighted by molar-refractivity contribution is 0.0514. The maximum Gasteiger partial charge on any atom is 0.293 e. The van der Waals surface area contributed by atoms with Gasteiger partial charge in [0.25, 0.3) is 5.56 Å². The molecule has 1 aromatic heterocycles. The van der Waals surface area contributed by atoms with E-state index in [1.54, 1.807) is 23.9 Å². The topological polar surface area (TPSA) is 67.2 Å². The first-order valence-electron chi connectivity index (χ1n) is 6.87. The van der Waals surface area contributed by atoms with E-state index in [2.05, 4.69) is 24.1 Å². The van der Waals surface area contributed by atoms with Crippen LogP contribution in [-0.2, 0) is 6.54 Å². The smallest absolute Gasteiger partial charge is 0.293 e. The standard InChI is InChI=1S/C14H25N3O2/c1-5-7-17-8-6-15-12(13(17)18)16-10-14(4,19)9-11(2)3/h6,8,11,19H,5,7,9-10H2,1-4H3,(H,15,16). The number of hydrogen-bond donors (Lipinski definition) is 2. The van der Waals surface area contributed by atoms with Crippen LogP contribution in [0, 0.1) is 5.92 Å². The molecule has 0 radical (unpaired) electrons. The summed E-state index contributed by atoms with van der Waals surface area (Å²) in [5, 5.41) is 13.2. The molecule has 0 aliphatic heterocycles. The number of hydrogen-bond acceptors (Lipinski definition) is 4. The summed E-state index contributed by atoms with van der Waals surface area (Å²) in [6, 6.07) is 0. The van der Waals surface area contributed by atoms with Crippen molar-refractivity contribution in [3.63, 3.8) is 0 Å². The van der Waals surface area contributed by atoms with E-state index in [0.717, 1.165) is 6.42 Å². The van der Waals surface area contributed by atoms with Gasteiger partial charge in [-0.1, -0.05) is 20.8 Å². The third kappa shape index (κ3) is 5.03. The number of nitrogens with one attached hydrogen (secondary N) is 1. The van der Waals surface area contributed by atoms with Gasteiger partial charge in [0.1, 0.15) is 0 Å². The van der Waals surface area contributed by atoms with Gasteiger partial charge in [-0.2, -0.15) is 0 Å². The summed E-state index contributed by atoms with van der Waals surface area (Å²) < 4.78 is 1.63. The minimum absolute atomic E-state index is 0.135. The van der Waals surface area contributed by atoms with Gasteiger partial charge >= 0.3 is 0 Å². The van der Waals surface area contributed by atoms with E-state index in [-0.39, 0.29) is 5.56 Å². The van der Waals surface area contributed by atoms with Gasteiger partial charge in [0.05, 0.1) is 5.60 Å². The van der Waals surface area contributed by atoms with Crippen LogP contribution in [0.4, 0.5) is 5.82 Å². The molecule has 0 aliphatic rings. The van der Waals surface area contributed by atoms with Crippen LogP contribution in [0.25, 0.3) is 0 Å². The average molecular weight is 267 g/mol. The fourth-order valence-electron chi connectivity index (χ4n) is 2.21. The maximum atomic E-state index is 12.1. The highest BCUT2D eigenvalue weighted by atomic mass is 16.3. The zero-order valence-electron chi connectivity index (χ0n) is 12.3. The molecule has 0 saturated heterocycles. The second-order valence-corrected chi connectivity index (χ2v) is 5.72. The first-order valence-corrected chi connectivity index (χ1v) is 6.87. The Morgan fingerprint density at radius 2 is 2.21 bits per heavy atom. The summed E-state index contributed by atoms with van der Waals surface area (Å²) >= 11 is 0. The number of nitrogens with zero attached hydrogens (tertiary/aromatic N) is 2. The van der Waals surface area contributed by atoms with E-state index >= 15 is 0 Å². The van der Waals surface area contributed by atoms with Gasteiger partial charge < -0.3 is 15.0 Å². The van der Waals surface area contributed by atoms with Crippen LogP contribution >= 0.6 is 0 Å². The van der Waals surface area contributed by atoms with E-state index in [1.165, 1.54) is 0 Å². The molecular weight excluding hydrogens is 242 g/mol. The molecule has 0 amide bonds. The first kappa shape index (κ1) is 15.7. The summed E-state index contributed by atoms with van der Waals surface area (Å²) in [6.45, 7) is 8.91. The molecule has 1 atom stereocenters. The second-order valence-electron chi connectivity index (χ2n) is 5.72. The molecule has 0 saturated carbocycles. The molecule has 0 fully saturated rings. The lowest BCUT2D eigenvalue weighted by atomic mass is 9.94. The molecule has 5 heteroatoms. The van der Waals surface area contributed by atoms with Crippen LogP contribution in [0.1, 0.15) is 40.5 Å². The van der Waals surface area contributed by atoms with Crippen LogP contribution in [0.3, 0.4) is 0 Å². The van der Waals surface area contributed by atoms with Crippen molar-refractivity contribution >= 4 is 5.82 Å². The Bertz CT molecular complexity index is 452. The molecule has 1 heterocycles. The van der Waals surface area contributed by atoms with Crippen LogP contribution in [-0.4, -0.2) is 26.8 Å². The van der Waals surface area contributed by atoms with Gasteiger partial charge in [-0.3, -0.25) is 4.79 Å². The van der Waals surface area contributed by atoms with E-state index in [9.17, 15) is 9.90 Å². The fourth-order valence-corrected chi connectivity index (χ4v) is 2.21. The molecule has 0 aromatic carbocycles. The lowest BCUT2D eigenvalue weighted by Gasteiger charge is -2.25. The third-order valence-electron chi connectivity index (χ3n) is 2.86. The molecule has 1 rings (SSSR count). The predicted molar refractivity (Wildman–Crippen MR) is 77.4 cm³/mol. The Labute approximate surface area is 114 Å². The van der Waals surface area contributed by atoms with Crippen molar-refractivity contribution in [2.24, 2.45) is 5.92 Å². The Kier molecular flexibility index (Phi) is 5.54. The molecule has 5 nitrogen and oxygen atoms in total. The Morgan fingerprint density at radius 1 is 1.53 bits per heavy atom. The molecular formula is C14H25N3O2. The van der Waals surface area contributed by atoms with Crippen LogP contribution < -0.4 is 10.9 Å². The van der Waals surface area contributed by atoms with Crippen LogP contribution in [0.2, 0.25) is 0 Å². The van der Waals surface area contributed by atoms with Crippen LogP contribution in [0.5, 0.6) is 0 Å². The summed E-state index contributed by atoms with van der Waals surface area (Å²) in [4.78, 5) is 16.1. The van der Waals surface area contributed by atoms with Crippen LogP contribution in [0.15, 0.2) is 17.2 Å². The lowest BCUT2D eigenvalue weighted by Crippen LogP contribution is -2.37. The monoisotopic (exact) mass is 267 g/mol. The highest BCUT2D eigenvalue weighted by Crippen LogP contribution is 2.16. The number of aryl methyl sites for hydroxylation is 1. The van der Waals surface area contributed by atoms with Crippen molar-refractivity contribution in [1.29, 1.82) is 0 Å². The molecule has 1 unspecified atom stereocenters. The van der Waals surface area contributed by atoms with Crippen molar-refractivity contribution in [2.75, 3.05) is 11.9 Å². The molecule has 1 aromatic rings. The normalized spacial score (nSPS) is 14.4. The van der Waals surface area contributed by atoms with Gasteiger partial charge in [0, 0.05) is 25.5 Å². The van der Waals surface area contributed by atoms with Crippen molar-refractivity contribution < 1.29 is 5.11 Å². The van der Waals surface area contributed by atoms with E-state index in [0.29, 0.717) is 31.2 Å². The Hall–Kier alpha value is -1.36. The number of rotatable bonds is 7. The summed E-state index contributed by atoms with van der Waals surface area (Å²) in [5.41, 5.74) is -0.974. The van der Waals surface area contributed by atoms with E-state index in [4.69, 9.17) is 0 Å². The van der Waals surface area contributed by atoms with Gasteiger partial charge in [0.15, 0.2) is 5.82 Å². The summed E-state index contributed by atoms with van der Waals surface area (Å²) in [5.74, 6) is 0.706. The molecule has 2 N–H and O–H groups in total. The SMILES string of the molecule is CCCn1ccnc(NCC(C)(O)CC(C)C)c1=O. The predicted octanol–water partition coefficient (Wildman–Crippen LogP) is 1.86. The van der Waals surface area contributed by atoms with Crippen molar-refractivity contribution in [1.82, 2.24) is 9.55 Å². The quantitative estimate of drug-likeness (QED) is 0.791. The number of anilines is 1. The highest BCUT2D eigenvalue weighted by Gasteiger charge is 2.22. The molecule has 0 aliphatic carbocycles. The first-order chi connectivity index (χ1) is 8.85. The van der Waals surface area contributed by atoms with E-state index < -0.39 is 5.60 Å². The Balaban J connectivity index is 2.73. The molecule has 108 valence electrons. The van der Waals surface area contributed by atoms with Crippen molar-refractivity contribution in [2.45, 2.75) is 52.7 Å². The molecule has 0 bridgehead atoms. The summed E-state index contributed by atoms with van der Waals surface area (Å²) in [6.07, 6.45) is 4.87. The van der Waals surface area contributed by atoms with Crippen molar-refractivity contribution in [3.05, 3.63) is 22.7 Å². The van der Waals surface area contributed by atoms with Gasteiger partial charge in [-0.15, -0.1) is 0 Å². The minimum atomic E-state index is -0.840. The highest BCUT2D eigenvalue weighted by molar-refractivity contribution is 5.31. The number of aliphatic hydroxyl groups is 1. The van der Waals surface area contributed by atoms with Gasteiger partial charge in [-0.05, 0) is 25.7 Å². The van der Waals surface area contributed by atoms with Crippen molar-refractivity contribution in [3.8, 4) is 0 Å². The minimum Gasteiger partial charge on any atom is -0.388 e. The zero-order valence-corrected chi connectivity index (χ0v) is 12.3. The zero-order chi connectivity index (χ0) is 14.5. The van der Waals surface area contributed by atoms with Gasteiger partial charge in [0.2, 0.25) is 0 Å². The van der Waals surface area contributed by atoms with E-state index in [1.807, 2.05) is 6.92 Å². The fraction of sp³-hybridized carbons (Fsp3) is 0.714. The second kappa shape index (κ2) is 6.70. The summed E-state index contributed by atoms with van der Waals surface area (Å²) in [7, 11) is 0. The maximum absolute atomic E-state index is 12.1. The largest absolute Gasteiger partial charge is 0.388 e. The average Bonchev–Trinajstić information content (AvgIpc) is 2.29. The van der Waals surface area contributed by atoms with Gasteiger partial charge in [-0.25, -0.2) is 4.98 Å². The third-order valence-corrected chi connectivity index (χ3v) is 2.86. The number of aromatic nitrogens is 2. The Morgan fingerprint density at radius 3 is 2.79 bits per heavy atom. The molecule has 0 spiro atoms.